The number of ether oxygens (including phenoxy) is 2. The lowest BCUT2D eigenvalue weighted by atomic mass is 9.87. The summed E-state index contributed by atoms with van der Waals surface area (Å²) in [5, 5.41) is 0. The normalized spacial score (nSPS) is 35.9. The average molecular weight is 226 g/mol. The summed E-state index contributed by atoms with van der Waals surface area (Å²) in [4.78, 5) is 11.3. The molecule has 2 fully saturated rings. The van der Waals surface area contributed by atoms with E-state index in [9.17, 15) is 4.79 Å². The predicted octanol–water partition coefficient (Wildman–Crippen LogP) is 2.68. The molecule has 0 N–H and O–H groups in total. The van der Waals surface area contributed by atoms with Crippen LogP contribution in [0.3, 0.4) is 0 Å². The van der Waals surface area contributed by atoms with Crippen molar-refractivity contribution in [2.75, 3.05) is 7.11 Å². The van der Waals surface area contributed by atoms with Crippen LogP contribution in [0.25, 0.3) is 0 Å². The summed E-state index contributed by atoms with van der Waals surface area (Å²) in [6.07, 6.45) is 8.11. The molecule has 0 aromatic heterocycles. The average Bonchev–Trinajstić information content (AvgIpc) is 2.91. The second-order valence-corrected chi connectivity index (χ2v) is 5.07. The number of rotatable bonds is 6. The Morgan fingerprint density at radius 1 is 1.44 bits per heavy atom. The van der Waals surface area contributed by atoms with Crippen molar-refractivity contribution < 1.29 is 14.3 Å². The highest BCUT2D eigenvalue weighted by Gasteiger charge is 2.64. The minimum Gasteiger partial charge on any atom is -0.469 e. The van der Waals surface area contributed by atoms with Crippen molar-refractivity contribution in [3.63, 3.8) is 0 Å². The molecule has 92 valence electrons. The highest BCUT2D eigenvalue weighted by molar-refractivity contribution is 5.69. The van der Waals surface area contributed by atoms with Gasteiger partial charge in [0.1, 0.15) is 0 Å². The number of hydrogen-bond acceptors (Lipinski definition) is 3. The van der Waals surface area contributed by atoms with Gasteiger partial charge >= 0.3 is 5.97 Å². The zero-order valence-corrected chi connectivity index (χ0v) is 10.3. The van der Waals surface area contributed by atoms with Gasteiger partial charge in [0.25, 0.3) is 0 Å². The van der Waals surface area contributed by atoms with Gasteiger partial charge in [-0.15, -0.1) is 0 Å². The summed E-state index contributed by atoms with van der Waals surface area (Å²) in [7, 11) is 1.46. The molecule has 2 aliphatic rings. The van der Waals surface area contributed by atoms with E-state index in [0.29, 0.717) is 18.4 Å². The Hall–Kier alpha value is -0.570. The molecule has 0 bridgehead atoms. The van der Waals surface area contributed by atoms with Crippen LogP contribution in [0.4, 0.5) is 0 Å². The molecule has 0 aromatic carbocycles. The van der Waals surface area contributed by atoms with Crippen LogP contribution in [0.1, 0.15) is 51.9 Å². The molecule has 0 aromatic rings. The largest absolute Gasteiger partial charge is 0.469 e. The third kappa shape index (κ3) is 2.10. The van der Waals surface area contributed by atoms with E-state index < -0.39 is 0 Å². The summed E-state index contributed by atoms with van der Waals surface area (Å²) >= 11 is 0. The first-order chi connectivity index (χ1) is 7.73. The van der Waals surface area contributed by atoms with Crippen LogP contribution < -0.4 is 0 Å². The lowest BCUT2D eigenvalue weighted by molar-refractivity contribution is -0.142. The number of hydrogen-bond donors (Lipinski definition) is 0. The monoisotopic (exact) mass is 226 g/mol. The molecule has 1 unspecified atom stereocenters. The molecule has 1 saturated heterocycles. The summed E-state index contributed by atoms with van der Waals surface area (Å²) < 4.78 is 10.6. The van der Waals surface area contributed by atoms with Crippen LogP contribution in [0.2, 0.25) is 0 Å². The standard InChI is InChI=1S/C13H22O3/c1-3-4-5-8-13-10(9-12(14)15-2)6-7-11(13)16-13/h10-11H,3-9H2,1-2H3/t10-,11?,13+/m1/s1. The van der Waals surface area contributed by atoms with E-state index in [1.807, 2.05) is 0 Å². The fraction of sp³-hybridized carbons (Fsp3) is 0.923. The van der Waals surface area contributed by atoms with Crippen molar-refractivity contribution in [2.45, 2.75) is 63.6 Å². The maximum absolute atomic E-state index is 11.3. The first-order valence-corrected chi connectivity index (χ1v) is 6.47. The van der Waals surface area contributed by atoms with Gasteiger partial charge in [0.2, 0.25) is 0 Å². The van der Waals surface area contributed by atoms with Gasteiger partial charge in [0, 0.05) is 5.92 Å². The third-order valence-electron chi connectivity index (χ3n) is 4.13. The smallest absolute Gasteiger partial charge is 0.305 e. The van der Waals surface area contributed by atoms with E-state index in [1.54, 1.807) is 0 Å². The predicted molar refractivity (Wildman–Crippen MR) is 61.1 cm³/mol. The van der Waals surface area contributed by atoms with Crippen LogP contribution in [0.5, 0.6) is 0 Å². The lowest BCUT2D eigenvalue weighted by Gasteiger charge is -2.19. The van der Waals surface area contributed by atoms with Crippen LogP contribution in [0, 0.1) is 5.92 Å². The Balaban J connectivity index is 1.86. The van der Waals surface area contributed by atoms with Gasteiger partial charge in [-0.2, -0.15) is 0 Å². The zero-order chi connectivity index (χ0) is 11.6. The van der Waals surface area contributed by atoms with Crippen molar-refractivity contribution in [1.82, 2.24) is 0 Å². The molecular weight excluding hydrogens is 204 g/mol. The van der Waals surface area contributed by atoms with E-state index in [1.165, 1.54) is 26.4 Å². The quantitative estimate of drug-likeness (QED) is 0.397. The molecule has 3 nitrogen and oxygen atoms in total. The third-order valence-corrected chi connectivity index (χ3v) is 4.13. The van der Waals surface area contributed by atoms with Crippen molar-refractivity contribution >= 4 is 5.97 Å². The van der Waals surface area contributed by atoms with Crippen molar-refractivity contribution in [3.8, 4) is 0 Å². The number of methoxy groups -OCH3 is 1. The maximum atomic E-state index is 11.3. The van der Waals surface area contributed by atoms with E-state index >= 15 is 0 Å². The van der Waals surface area contributed by atoms with Gasteiger partial charge in [-0.1, -0.05) is 26.2 Å². The molecule has 16 heavy (non-hydrogen) atoms. The zero-order valence-electron chi connectivity index (χ0n) is 10.3. The Bertz CT molecular complexity index is 264. The van der Waals surface area contributed by atoms with Crippen molar-refractivity contribution in [3.05, 3.63) is 0 Å². The maximum Gasteiger partial charge on any atom is 0.305 e. The topological polar surface area (TPSA) is 38.8 Å². The molecule has 0 amide bonds. The summed E-state index contributed by atoms with van der Waals surface area (Å²) in [6.45, 7) is 2.21. The van der Waals surface area contributed by atoms with Crippen LogP contribution >= 0.6 is 0 Å². The van der Waals surface area contributed by atoms with E-state index in [4.69, 9.17) is 9.47 Å². The molecular formula is C13H22O3. The Labute approximate surface area is 97.5 Å². The van der Waals surface area contributed by atoms with Crippen molar-refractivity contribution in [1.29, 1.82) is 0 Å². The lowest BCUT2D eigenvalue weighted by Crippen LogP contribution is -2.25. The number of unbranched alkanes of at least 4 members (excludes halogenated alkanes) is 2. The molecule has 1 heterocycles. The summed E-state index contributed by atoms with van der Waals surface area (Å²) in [5.41, 5.74) is 0.0589. The highest BCUT2D eigenvalue weighted by Crippen LogP contribution is 2.57. The molecule has 3 atom stereocenters. The van der Waals surface area contributed by atoms with Crippen molar-refractivity contribution in [2.24, 2.45) is 5.92 Å². The SMILES string of the molecule is CCCCC[C@@]12OC1CC[C@@H]2CC(=O)OC. The summed E-state index contributed by atoms with van der Waals surface area (Å²) in [5.74, 6) is 0.317. The number of carbonyl (C=O) groups is 1. The fourth-order valence-corrected chi connectivity index (χ4v) is 3.12. The van der Waals surface area contributed by atoms with Gasteiger partial charge in [0.15, 0.2) is 0 Å². The Morgan fingerprint density at radius 2 is 2.25 bits per heavy atom. The molecule has 2 rings (SSSR count). The van der Waals surface area contributed by atoms with Crippen LogP contribution in [-0.4, -0.2) is 24.8 Å². The molecule has 0 radical (unpaired) electrons. The first kappa shape index (κ1) is 11.9. The molecule has 0 spiro atoms. The van der Waals surface area contributed by atoms with E-state index in [0.717, 1.165) is 19.3 Å². The second kappa shape index (κ2) is 4.74. The number of carbonyl (C=O) groups excluding carboxylic acids is 1. The minimum atomic E-state index is -0.0870. The highest BCUT2D eigenvalue weighted by atomic mass is 16.6. The van der Waals surface area contributed by atoms with Crippen LogP contribution in [-0.2, 0) is 14.3 Å². The Kier molecular flexibility index (Phi) is 3.53. The molecule has 3 heteroatoms. The molecule has 1 aliphatic heterocycles. The van der Waals surface area contributed by atoms with Gasteiger partial charge < -0.3 is 9.47 Å². The minimum absolute atomic E-state index is 0.0589. The van der Waals surface area contributed by atoms with Gasteiger partial charge in [-0.3, -0.25) is 4.79 Å². The van der Waals surface area contributed by atoms with Crippen LogP contribution in [0.15, 0.2) is 0 Å². The number of epoxide rings is 1. The van der Waals surface area contributed by atoms with Gasteiger partial charge in [-0.25, -0.2) is 0 Å². The fourth-order valence-electron chi connectivity index (χ4n) is 3.12. The summed E-state index contributed by atoms with van der Waals surface area (Å²) in [6, 6.07) is 0. The van der Waals surface area contributed by atoms with E-state index in [-0.39, 0.29) is 11.6 Å². The van der Waals surface area contributed by atoms with E-state index in [2.05, 4.69) is 6.92 Å². The van der Waals surface area contributed by atoms with Gasteiger partial charge in [-0.05, 0) is 19.3 Å². The molecule has 1 aliphatic carbocycles. The van der Waals surface area contributed by atoms with Gasteiger partial charge in [0.05, 0.1) is 25.2 Å². The molecule has 1 saturated carbocycles. The number of esters is 1. The second-order valence-electron chi connectivity index (χ2n) is 5.07. The first-order valence-electron chi connectivity index (χ1n) is 6.47. The number of fused-ring (bicyclic) bond motifs is 1. The Morgan fingerprint density at radius 3 is 2.88 bits per heavy atom.